The number of halogens is 3. The molecular weight excluding hydrogens is 277 g/mol. The molecule has 8 heteroatoms. The van der Waals surface area contributed by atoms with Crippen molar-refractivity contribution in [3.05, 3.63) is 0 Å². The molecule has 116 valence electrons. The van der Waals surface area contributed by atoms with Gasteiger partial charge in [0, 0.05) is 12.6 Å². The van der Waals surface area contributed by atoms with Crippen molar-refractivity contribution in [2.45, 2.75) is 44.8 Å². The van der Waals surface area contributed by atoms with E-state index in [0.29, 0.717) is 12.8 Å². The van der Waals surface area contributed by atoms with Crippen molar-refractivity contribution in [3.8, 4) is 0 Å². The van der Waals surface area contributed by atoms with Crippen LogP contribution in [0.4, 0.5) is 13.2 Å². The molecule has 2 unspecified atom stereocenters. The second kappa shape index (κ2) is 6.43. The van der Waals surface area contributed by atoms with Crippen LogP contribution in [0.25, 0.3) is 0 Å². The Bertz CT molecular complexity index is 365. The Hall–Kier alpha value is -1.31. The Morgan fingerprint density at radius 2 is 2.10 bits per heavy atom. The minimum atomic E-state index is -4.65. The lowest BCUT2D eigenvalue weighted by Gasteiger charge is -2.31. The maximum Gasteiger partial charge on any atom is 0.404 e. The van der Waals surface area contributed by atoms with Gasteiger partial charge in [-0.3, -0.25) is 9.59 Å². The highest BCUT2D eigenvalue weighted by atomic mass is 19.4. The topological polar surface area (TPSA) is 78.4 Å². The molecule has 0 saturated carbocycles. The van der Waals surface area contributed by atoms with E-state index in [0.717, 1.165) is 0 Å². The Balaban J connectivity index is 2.82. The van der Waals surface area contributed by atoms with E-state index in [1.165, 1.54) is 0 Å². The first-order valence-corrected chi connectivity index (χ1v) is 6.53. The first kappa shape index (κ1) is 16.7. The van der Waals surface area contributed by atoms with Crippen LogP contribution < -0.4 is 10.6 Å². The molecule has 20 heavy (non-hydrogen) atoms. The molecule has 0 aromatic carbocycles. The molecule has 0 bridgehead atoms. The fourth-order valence-electron chi connectivity index (χ4n) is 2.36. The molecule has 0 aromatic rings. The predicted octanol–water partition coefficient (Wildman–Crippen LogP) is 1.29. The van der Waals surface area contributed by atoms with Crippen molar-refractivity contribution >= 4 is 11.9 Å². The van der Waals surface area contributed by atoms with Gasteiger partial charge in [0.25, 0.3) is 0 Å². The second-order valence-corrected chi connectivity index (χ2v) is 5.06. The zero-order valence-electron chi connectivity index (χ0n) is 11.2. The third-order valence-electron chi connectivity index (χ3n) is 3.53. The zero-order chi connectivity index (χ0) is 15.4. The van der Waals surface area contributed by atoms with Crippen molar-refractivity contribution in [2.75, 3.05) is 13.1 Å². The summed E-state index contributed by atoms with van der Waals surface area (Å²) in [5.41, 5.74) is -2.45. The number of hydrogen-bond acceptors (Lipinski definition) is 3. The number of hydrogen-bond donors (Lipinski definition) is 3. The fraction of sp³-hybridized carbons (Fsp3) is 0.833. The molecule has 3 N–H and O–H groups in total. The number of carbonyl (C=O) groups excluding carboxylic acids is 1. The number of carboxylic acid groups (broad SMARTS) is 1. The van der Waals surface area contributed by atoms with Gasteiger partial charge < -0.3 is 15.7 Å². The Labute approximate surface area is 114 Å². The summed E-state index contributed by atoms with van der Waals surface area (Å²) >= 11 is 0. The highest BCUT2D eigenvalue weighted by Crippen LogP contribution is 2.43. The van der Waals surface area contributed by atoms with Crippen LogP contribution in [0.5, 0.6) is 0 Å². The van der Waals surface area contributed by atoms with Crippen LogP contribution in [0.1, 0.15) is 32.6 Å². The quantitative estimate of drug-likeness (QED) is 0.690. The first-order valence-electron chi connectivity index (χ1n) is 6.53. The molecule has 1 heterocycles. The van der Waals surface area contributed by atoms with Gasteiger partial charge in [-0.25, -0.2) is 0 Å². The summed E-state index contributed by atoms with van der Waals surface area (Å²) in [7, 11) is 0. The molecule has 2 atom stereocenters. The normalized spacial score (nSPS) is 24.4. The fourth-order valence-corrected chi connectivity index (χ4v) is 2.36. The highest BCUT2D eigenvalue weighted by molar-refractivity contribution is 5.85. The van der Waals surface area contributed by atoms with Gasteiger partial charge in [0.1, 0.15) is 0 Å². The third-order valence-corrected chi connectivity index (χ3v) is 3.53. The lowest BCUT2D eigenvalue weighted by molar-refractivity contribution is -0.216. The maximum absolute atomic E-state index is 13.1. The number of nitrogens with one attached hydrogen (secondary N) is 2. The molecule has 0 aliphatic carbocycles. The smallest absolute Gasteiger partial charge is 0.404 e. The van der Waals surface area contributed by atoms with E-state index in [4.69, 9.17) is 5.11 Å². The van der Waals surface area contributed by atoms with Gasteiger partial charge in [0.05, 0.1) is 6.42 Å². The molecule has 5 nitrogen and oxygen atoms in total. The van der Waals surface area contributed by atoms with Crippen molar-refractivity contribution in [2.24, 2.45) is 5.41 Å². The molecule has 0 spiro atoms. The monoisotopic (exact) mass is 296 g/mol. The van der Waals surface area contributed by atoms with Crippen LogP contribution in [0, 0.1) is 5.41 Å². The average molecular weight is 296 g/mol. The van der Waals surface area contributed by atoms with E-state index in [-0.39, 0.29) is 19.4 Å². The van der Waals surface area contributed by atoms with Gasteiger partial charge in [-0.05, 0) is 19.4 Å². The summed E-state index contributed by atoms with van der Waals surface area (Å²) in [6.45, 7) is 1.43. The van der Waals surface area contributed by atoms with Gasteiger partial charge in [0.15, 0.2) is 5.41 Å². The second-order valence-electron chi connectivity index (χ2n) is 5.06. The van der Waals surface area contributed by atoms with E-state index in [1.54, 1.807) is 6.92 Å². The summed E-state index contributed by atoms with van der Waals surface area (Å²) in [6.07, 6.45) is -4.44. The van der Waals surface area contributed by atoms with Crippen molar-refractivity contribution < 1.29 is 27.9 Å². The number of carbonyl (C=O) groups is 2. The molecule has 0 radical (unpaired) electrons. The number of aliphatic carboxylic acids is 1. The Kier molecular flexibility index (Phi) is 5.38. The summed E-state index contributed by atoms with van der Waals surface area (Å²) < 4.78 is 39.4. The average Bonchev–Trinajstić information content (AvgIpc) is 2.77. The van der Waals surface area contributed by atoms with Gasteiger partial charge in [-0.2, -0.15) is 13.2 Å². The Morgan fingerprint density at radius 3 is 2.50 bits per heavy atom. The van der Waals surface area contributed by atoms with E-state index in [9.17, 15) is 22.8 Å². The SMILES string of the molecule is CCCC(CC(=O)O)NC(=O)C1(C(F)(F)F)CCNC1. The van der Waals surface area contributed by atoms with Crippen molar-refractivity contribution in [1.82, 2.24) is 10.6 Å². The molecule has 1 amide bonds. The predicted molar refractivity (Wildman–Crippen MR) is 65.1 cm³/mol. The number of carboxylic acids is 1. The molecule has 1 aliphatic heterocycles. The van der Waals surface area contributed by atoms with E-state index in [2.05, 4.69) is 10.6 Å². The molecular formula is C12H19F3N2O3. The lowest BCUT2D eigenvalue weighted by Crippen LogP contribution is -2.54. The first-order chi connectivity index (χ1) is 9.23. The molecule has 1 rings (SSSR count). The number of amides is 1. The summed E-state index contributed by atoms with van der Waals surface area (Å²) in [6, 6.07) is -0.773. The van der Waals surface area contributed by atoms with Crippen LogP contribution in [0.2, 0.25) is 0 Å². The highest BCUT2D eigenvalue weighted by Gasteiger charge is 2.61. The Morgan fingerprint density at radius 1 is 1.45 bits per heavy atom. The van der Waals surface area contributed by atoms with Crippen LogP contribution in [-0.2, 0) is 9.59 Å². The summed E-state index contributed by atoms with van der Waals surface area (Å²) in [5.74, 6) is -2.27. The van der Waals surface area contributed by atoms with Crippen LogP contribution in [-0.4, -0.2) is 42.3 Å². The van der Waals surface area contributed by atoms with Crippen LogP contribution >= 0.6 is 0 Å². The minimum absolute atomic E-state index is 0.115. The molecule has 1 fully saturated rings. The standard InChI is InChI=1S/C12H19F3N2O3/c1-2-3-8(6-9(18)19)17-10(20)11(12(13,14)15)4-5-16-7-11/h8,16H,2-7H2,1H3,(H,17,20)(H,18,19). The molecule has 0 aromatic heterocycles. The van der Waals surface area contributed by atoms with E-state index >= 15 is 0 Å². The van der Waals surface area contributed by atoms with Gasteiger partial charge >= 0.3 is 12.1 Å². The third kappa shape index (κ3) is 3.62. The van der Waals surface area contributed by atoms with Gasteiger partial charge in [-0.15, -0.1) is 0 Å². The number of alkyl halides is 3. The van der Waals surface area contributed by atoms with Crippen LogP contribution in [0.3, 0.4) is 0 Å². The van der Waals surface area contributed by atoms with Crippen LogP contribution in [0.15, 0.2) is 0 Å². The van der Waals surface area contributed by atoms with Crippen molar-refractivity contribution in [3.63, 3.8) is 0 Å². The molecule has 1 aliphatic rings. The zero-order valence-corrected chi connectivity index (χ0v) is 11.2. The summed E-state index contributed by atoms with van der Waals surface area (Å²) in [4.78, 5) is 22.7. The number of rotatable bonds is 6. The lowest BCUT2D eigenvalue weighted by atomic mass is 9.84. The van der Waals surface area contributed by atoms with Gasteiger partial charge in [0.2, 0.25) is 5.91 Å². The largest absolute Gasteiger partial charge is 0.481 e. The van der Waals surface area contributed by atoms with Gasteiger partial charge in [-0.1, -0.05) is 13.3 Å². The maximum atomic E-state index is 13.1. The minimum Gasteiger partial charge on any atom is -0.481 e. The molecule has 1 saturated heterocycles. The van der Waals surface area contributed by atoms with E-state index in [1.807, 2.05) is 0 Å². The van der Waals surface area contributed by atoms with E-state index < -0.39 is 36.1 Å². The van der Waals surface area contributed by atoms with Crippen molar-refractivity contribution in [1.29, 1.82) is 0 Å². The summed E-state index contributed by atoms with van der Waals surface area (Å²) in [5, 5.41) is 13.5.